The summed E-state index contributed by atoms with van der Waals surface area (Å²) in [5.74, 6) is 0.459. The molecule has 2 rings (SSSR count). The lowest BCUT2D eigenvalue weighted by Gasteiger charge is -2.13. The molecule has 0 aliphatic carbocycles. The maximum atomic E-state index is 8.65. The van der Waals surface area contributed by atoms with E-state index in [-0.39, 0.29) is 0 Å². The monoisotopic (exact) mass is 241 g/mol. The van der Waals surface area contributed by atoms with E-state index in [2.05, 4.69) is 22.3 Å². The number of pyridine rings is 1. The molecular weight excluding hydrogens is 226 g/mol. The van der Waals surface area contributed by atoms with Gasteiger partial charge in [0.2, 0.25) is 0 Å². The van der Waals surface area contributed by atoms with Crippen LogP contribution in [0.25, 0.3) is 0 Å². The van der Waals surface area contributed by atoms with Gasteiger partial charge in [0, 0.05) is 25.5 Å². The summed E-state index contributed by atoms with van der Waals surface area (Å²) in [4.78, 5) is 4.01. The first kappa shape index (κ1) is 12.1. The normalized spacial score (nSPS) is 11.8. The van der Waals surface area contributed by atoms with Crippen LogP contribution < -0.4 is 5.32 Å². The second kappa shape index (κ2) is 5.82. The molecule has 0 aromatic carbocycles. The summed E-state index contributed by atoms with van der Waals surface area (Å²) < 4.78 is 1.92. The van der Waals surface area contributed by atoms with E-state index < -0.39 is 0 Å². The van der Waals surface area contributed by atoms with E-state index in [0.717, 1.165) is 18.8 Å². The van der Waals surface area contributed by atoms with Gasteiger partial charge in [-0.25, -0.2) is 4.98 Å². The van der Waals surface area contributed by atoms with Gasteiger partial charge >= 0.3 is 0 Å². The predicted octanol–water partition coefficient (Wildman–Crippen LogP) is 1.90. The Bertz CT molecular complexity index is 509. The summed E-state index contributed by atoms with van der Waals surface area (Å²) in [6.45, 7) is 3.88. The van der Waals surface area contributed by atoms with Crippen LogP contribution in [0.2, 0.25) is 0 Å². The van der Waals surface area contributed by atoms with Crippen molar-refractivity contribution in [3.8, 4) is 6.07 Å². The molecule has 0 amide bonds. The smallest absolute Gasteiger partial charge is 0.140 e. The Hall–Kier alpha value is -2.35. The minimum Gasteiger partial charge on any atom is -0.383 e. The highest BCUT2D eigenvalue weighted by molar-refractivity contribution is 5.42. The molecule has 2 aromatic rings. The van der Waals surface area contributed by atoms with Gasteiger partial charge in [0.25, 0.3) is 0 Å². The average molecular weight is 241 g/mol. The highest BCUT2D eigenvalue weighted by Crippen LogP contribution is 2.07. The number of rotatable bonds is 5. The topological polar surface area (TPSA) is 66.5 Å². The van der Waals surface area contributed by atoms with Crippen molar-refractivity contribution >= 4 is 5.69 Å². The lowest BCUT2D eigenvalue weighted by molar-refractivity contribution is 0.468. The van der Waals surface area contributed by atoms with Gasteiger partial charge in [0.05, 0.1) is 11.9 Å². The number of nitriles is 1. The van der Waals surface area contributed by atoms with Gasteiger partial charge in [-0.05, 0) is 24.1 Å². The molecule has 1 atom stereocenters. The molecule has 0 fully saturated rings. The van der Waals surface area contributed by atoms with Crippen LogP contribution >= 0.6 is 0 Å². The van der Waals surface area contributed by atoms with Crippen molar-refractivity contribution in [2.45, 2.75) is 13.5 Å². The second-order valence-corrected chi connectivity index (χ2v) is 4.26. The Labute approximate surface area is 106 Å². The van der Waals surface area contributed by atoms with Crippen LogP contribution in [0.4, 0.5) is 5.69 Å². The molecule has 2 aromatic heterocycles. The van der Waals surface area contributed by atoms with Crippen LogP contribution in [0.15, 0.2) is 36.8 Å². The Morgan fingerprint density at radius 1 is 1.50 bits per heavy atom. The summed E-state index contributed by atoms with van der Waals surface area (Å²) in [7, 11) is 0. The molecule has 0 saturated heterocycles. The Balaban J connectivity index is 1.81. The molecule has 0 saturated carbocycles. The van der Waals surface area contributed by atoms with Crippen LogP contribution in [0.3, 0.4) is 0 Å². The Morgan fingerprint density at radius 2 is 2.39 bits per heavy atom. The van der Waals surface area contributed by atoms with Crippen molar-refractivity contribution in [2.75, 3.05) is 11.9 Å². The van der Waals surface area contributed by atoms with Gasteiger partial charge in [-0.2, -0.15) is 10.4 Å². The summed E-state index contributed by atoms with van der Waals surface area (Å²) in [6, 6.07) is 7.50. The van der Waals surface area contributed by atoms with Crippen LogP contribution in [0.1, 0.15) is 12.6 Å². The first-order valence-electron chi connectivity index (χ1n) is 5.85. The van der Waals surface area contributed by atoms with Crippen molar-refractivity contribution in [2.24, 2.45) is 5.92 Å². The van der Waals surface area contributed by atoms with Crippen molar-refractivity contribution in [3.63, 3.8) is 0 Å². The summed E-state index contributed by atoms with van der Waals surface area (Å²) in [6.07, 6.45) is 5.42. The zero-order valence-corrected chi connectivity index (χ0v) is 10.2. The number of hydrogen-bond acceptors (Lipinski definition) is 4. The van der Waals surface area contributed by atoms with Crippen molar-refractivity contribution < 1.29 is 0 Å². The number of nitrogens with one attached hydrogen (secondary N) is 1. The SMILES string of the molecule is C[C@H](CNc1ccc(C#N)nc1)Cn1cccn1. The second-order valence-electron chi connectivity index (χ2n) is 4.26. The molecule has 92 valence electrons. The first-order chi connectivity index (χ1) is 8.78. The van der Waals surface area contributed by atoms with Gasteiger partial charge in [-0.15, -0.1) is 0 Å². The van der Waals surface area contributed by atoms with Gasteiger partial charge in [0.1, 0.15) is 11.8 Å². The fourth-order valence-corrected chi connectivity index (χ4v) is 1.65. The number of aromatic nitrogens is 3. The molecule has 5 nitrogen and oxygen atoms in total. The number of hydrogen-bond donors (Lipinski definition) is 1. The molecule has 0 aliphatic heterocycles. The molecule has 0 radical (unpaired) electrons. The fraction of sp³-hybridized carbons (Fsp3) is 0.308. The maximum absolute atomic E-state index is 8.65. The Morgan fingerprint density at radius 3 is 3.00 bits per heavy atom. The molecule has 0 bridgehead atoms. The zero-order valence-electron chi connectivity index (χ0n) is 10.2. The molecule has 5 heteroatoms. The van der Waals surface area contributed by atoms with Gasteiger partial charge < -0.3 is 5.32 Å². The zero-order chi connectivity index (χ0) is 12.8. The van der Waals surface area contributed by atoms with Crippen LogP contribution in [0, 0.1) is 17.2 Å². The lowest BCUT2D eigenvalue weighted by atomic mass is 10.2. The van der Waals surface area contributed by atoms with Crippen LogP contribution in [-0.4, -0.2) is 21.3 Å². The number of nitrogens with zero attached hydrogens (tertiary/aromatic N) is 4. The third-order valence-electron chi connectivity index (χ3n) is 2.59. The number of anilines is 1. The first-order valence-corrected chi connectivity index (χ1v) is 5.85. The van der Waals surface area contributed by atoms with Crippen molar-refractivity contribution in [1.29, 1.82) is 5.26 Å². The summed E-state index contributed by atoms with van der Waals surface area (Å²) in [5.41, 5.74) is 1.37. The van der Waals surface area contributed by atoms with Crippen molar-refractivity contribution in [1.82, 2.24) is 14.8 Å². The van der Waals surface area contributed by atoms with Gasteiger partial charge in [-0.1, -0.05) is 6.92 Å². The average Bonchev–Trinajstić information content (AvgIpc) is 2.90. The van der Waals surface area contributed by atoms with Gasteiger partial charge in [0.15, 0.2) is 0 Å². The molecule has 1 N–H and O–H groups in total. The van der Waals surface area contributed by atoms with E-state index >= 15 is 0 Å². The van der Waals surface area contributed by atoms with E-state index in [1.165, 1.54) is 0 Å². The highest BCUT2D eigenvalue weighted by atomic mass is 15.3. The summed E-state index contributed by atoms with van der Waals surface area (Å²) in [5, 5.41) is 16.1. The minimum atomic E-state index is 0.435. The van der Waals surface area contributed by atoms with E-state index in [0.29, 0.717) is 11.6 Å². The largest absolute Gasteiger partial charge is 0.383 e. The predicted molar refractivity (Wildman–Crippen MR) is 68.8 cm³/mol. The van der Waals surface area contributed by atoms with E-state index in [1.807, 2.05) is 29.1 Å². The van der Waals surface area contributed by atoms with Gasteiger partial charge in [-0.3, -0.25) is 4.68 Å². The molecule has 2 heterocycles. The summed E-state index contributed by atoms with van der Waals surface area (Å²) >= 11 is 0. The molecule has 18 heavy (non-hydrogen) atoms. The quantitative estimate of drug-likeness (QED) is 0.868. The van der Waals surface area contributed by atoms with E-state index in [4.69, 9.17) is 5.26 Å². The maximum Gasteiger partial charge on any atom is 0.140 e. The molecule has 0 spiro atoms. The highest BCUT2D eigenvalue weighted by Gasteiger charge is 2.03. The molecule has 0 unspecified atom stereocenters. The third-order valence-corrected chi connectivity index (χ3v) is 2.59. The molecular formula is C13H15N5. The standard InChI is InChI=1S/C13H15N5/c1-11(10-18-6-2-5-17-18)8-15-13-4-3-12(7-14)16-9-13/h2-6,9,11,15H,8,10H2,1H3/t11-/m1/s1. The van der Waals surface area contributed by atoms with E-state index in [1.54, 1.807) is 18.5 Å². The van der Waals surface area contributed by atoms with Crippen LogP contribution in [0.5, 0.6) is 0 Å². The molecule has 0 aliphatic rings. The fourth-order valence-electron chi connectivity index (χ4n) is 1.65. The lowest BCUT2D eigenvalue weighted by Crippen LogP contribution is -2.17. The van der Waals surface area contributed by atoms with E-state index in [9.17, 15) is 0 Å². The third kappa shape index (κ3) is 3.32. The van der Waals surface area contributed by atoms with Crippen molar-refractivity contribution in [3.05, 3.63) is 42.5 Å². The Kier molecular flexibility index (Phi) is 3.92. The minimum absolute atomic E-state index is 0.435. The van der Waals surface area contributed by atoms with Crippen LogP contribution in [-0.2, 0) is 6.54 Å².